The molecule has 37 heavy (non-hydrogen) atoms. The van der Waals surface area contributed by atoms with Gasteiger partial charge in [0.15, 0.2) is 0 Å². The first-order valence-electron chi connectivity index (χ1n) is 12.3. The number of hydrogen-bond acceptors (Lipinski definition) is 4. The summed E-state index contributed by atoms with van der Waals surface area (Å²) in [5, 5.41) is 2.64. The molecular weight excluding hydrogens is 486 g/mol. The number of likely N-dealkylation sites (N-methyl/N-ethyl adjacent to an activating group) is 1. The molecule has 0 aromatic heterocycles. The summed E-state index contributed by atoms with van der Waals surface area (Å²) >= 11 is 0. The SMILES string of the molecule is CC[C@H](C(=O)NC)N(Cc1ccc(C)cc1)C(=O)CN(c1ccc(C)cc1C)S(=O)(=O)c1ccccc1. The van der Waals surface area contributed by atoms with Crippen molar-refractivity contribution in [3.05, 3.63) is 95.1 Å². The third-order valence-electron chi connectivity index (χ3n) is 6.34. The normalized spacial score (nSPS) is 12.0. The van der Waals surface area contributed by atoms with Crippen molar-refractivity contribution in [3.8, 4) is 0 Å². The highest BCUT2D eigenvalue weighted by Gasteiger charge is 2.33. The average Bonchev–Trinajstić information content (AvgIpc) is 2.88. The maximum atomic E-state index is 13.9. The number of carbonyl (C=O) groups is 2. The summed E-state index contributed by atoms with van der Waals surface area (Å²) in [6.07, 6.45) is 0.381. The van der Waals surface area contributed by atoms with Crippen LogP contribution in [0.5, 0.6) is 0 Å². The number of aryl methyl sites for hydroxylation is 3. The fourth-order valence-corrected chi connectivity index (χ4v) is 5.79. The molecule has 1 atom stereocenters. The largest absolute Gasteiger partial charge is 0.357 e. The van der Waals surface area contributed by atoms with Crippen LogP contribution in [0.4, 0.5) is 5.69 Å². The molecule has 3 aromatic carbocycles. The van der Waals surface area contributed by atoms with Gasteiger partial charge in [-0.25, -0.2) is 8.42 Å². The molecule has 0 radical (unpaired) electrons. The second-order valence-corrected chi connectivity index (χ2v) is 11.0. The Bertz CT molecular complexity index is 1340. The third kappa shape index (κ3) is 6.57. The quantitative estimate of drug-likeness (QED) is 0.430. The fourth-order valence-electron chi connectivity index (χ4n) is 4.29. The summed E-state index contributed by atoms with van der Waals surface area (Å²) in [6, 6.07) is 20.5. The first-order valence-corrected chi connectivity index (χ1v) is 13.7. The molecule has 0 unspecified atom stereocenters. The predicted molar refractivity (Wildman–Crippen MR) is 147 cm³/mol. The smallest absolute Gasteiger partial charge is 0.264 e. The Morgan fingerprint density at radius 1 is 0.892 bits per heavy atom. The highest BCUT2D eigenvalue weighted by molar-refractivity contribution is 7.92. The number of sulfonamides is 1. The van der Waals surface area contributed by atoms with Gasteiger partial charge in [0.25, 0.3) is 10.0 Å². The standard InChI is InChI=1S/C29H35N3O4S/c1-6-26(29(34)30-5)31(19-24-15-12-21(2)13-16-24)28(33)20-32(27-17-14-22(3)18-23(27)4)37(35,36)25-10-8-7-9-11-25/h7-18,26H,6,19-20H2,1-5H3,(H,30,34)/t26-/m1/s1. The van der Waals surface area contributed by atoms with Gasteiger partial charge in [-0.2, -0.15) is 0 Å². The molecule has 0 saturated carbocycles. The van der Waals surface area contributed by atoms with Crippen LogP contribution in [0.1, 0.15) is 35.6 Å². The third-order valence-corrected chi connectivity index (χ3v) is 8.11. The minimum atomic E-state index is -4.07. The first kappa shape index (κ1) is 27.9. The van der Waals surface area contributed by atoms with Gasteiger partial charge in [0.2, 0.25) is 11.8 Å². The zero-order valence-corrected chi connectivity index (χ0v) is 22.9. The lowest BCUT2D eigenvalue weighted by Crippen LogP contribution is -2.51. The number of rotatable bonds is 10. The number of nitrogens with one attached hydrogen (secondary N) is 1. The van der Waals surface area contributed by atoms with E-state index >= 15 is 0 Å². The lowest BCUT2D eigenvalue weighted by atomic mass is 10.1. The molecule has 0 heterocycles. The Balaban J connectivity index is 2.08. The molecule has 3 rings (SSSR count). The molecule has 0 aliphatic heterocycles. The van der Waals surface area contributed by atoms with Gasteiger partial charge in [-0.1, -0.05) is 72.6 Å². The van der Waals surface area contributed by atoms with Crippen LogP contribution in [0, 0.1) is 20.8 Å². The molecule has 0 aliphatic rings. The topological polar surface area (TPSA) is 86.8 Å². The molecule has 0 fully saturated rings. The van der Waals surface area contributed by atoms with Gasteiger partial charge in [0.05, 0.1) is 10.6 Å². The van der Waals surface area contributed by atoms with Crippen molar-refractivity contribution in [1.82, 2.24) is 10.2 Å². The van der Waals surface area contributed by atoms with Gasteiger partial charge in [-0.05, 0) is 56.5 Å². The molecule has 0 spiro atoms. The number of carbonyl (C=O) groups excluding carboxylic acids is 2. The van der Waals surface area contributed by atoms with Crippen LogP contribution in [0.25, 0.3) is 0 Å². The summed E-state index contributed by atoms with van der Waals surface area (Å²) in [5.41, 5.74) is 4.07. The summed E-state index contributed by atoms with van der Waals surface area (Å²) in [4.78, 5) is 28.2. The number of amides is 2. The molecule has 8 heteroatoms. The van der Waals surface area contributed by atoms with E-state index in [9.17, 15) is 18.0 Å². The van der Waals surface area contributed by atoms with E-state index in [4.69, 9.17) is 0 Å². The van der Waals surface area contributed by atoms with Crippen LogP contribution >= 0.6 is 0 Å². The van der Waals surface area contributed by atoms with E-state index in [0.717, 1.165) is 26.6 Å². The van der Waals surface area contributed by atoms with Crippen LogP contribution < -0.4 is 9.62 Å². The van der Waals surface area contributed by atoms with Gasteiger partial charge in [-0.15, -0.1) is 0 Å². The zero-order chi connectivity index (χ0) is 27.2. The summed E-state index contributed by atoms with van der Waals surface area (Å²) in [6.45, 7) is 7.29. The van der Waals surface area contributed by atoms with E-state index in [1.54, 1.807) is 24.3 Å². The lowest BCUT2D eigenvalue weighted by Gasteiger charge is -2.33. The minimum Gasteiger partial charge on any atom is -0.357 e. The van der Waals surface area contributed by atoms with Crippen LogP contribution in [0.2, 0.25) is 0 Å². The number of anilines is 1. The van der Waals surface area contributed by atoms with Crippen molar-refractivity contribution in [2.75, 3.05) is 17.9 Å². The van der Waals surface area contributed by atoms with Crippen molar-refractivity contribution >= 4 is 27.5 Å². The van der Waals surface area contributed by atoms with Gasteiger partial charge in [0, 0.05) is 13.6 Å². The summed E-state index contributed by atoms with van der Waals surface area (Å²) in [5.74, 6) is -0.762. The van der Waals surface area contributed by atoms with Crippen LogP contribution in [-0.4, -0.2) is 44.8 Å². The summed E-state index contributed by atoms with van der Waals surface area (Å²) < 4.78 is 28.8. The van der Waals surface area contributed by atoms with Crippen molar-refractivity contribution in [1.29, 1.82) is 0 Å². The maximum Gasteiger partial charge on any atom is 0.264 e. The molecule has 2 amide bonds. The van der Waals surface area contributed by atoms with Crippen LogP contribution in [0.3, 0.4) is 0 Å². The molecule has 1 N–H and O–H groups in total. The van der Waals surface area contributed by atoms with E-state index in [-0.39, 0.29) is 17.3 Å². The van der Waals surface area contributed by atoms with E-state index in [2.05, 4.69) is 5.32 Å². The Kier molecular flexibility index (Phi) is 9.10. The minimum absolute atomic E-state index is 0.0891. The van der Waals surface area contributed by atoms with Crippen molar-refractivity contribution in [3.63, 3.8) is 0 Å². The van der Waals surface area contributed by atoms with E-state index in [0.29, 0.717) is 12.1 Å². The van der Waals surface area contributed by atoms with E-state index in [1.807, 2.05) is 64.1 Å². The van der Waals surface area contributed by atoms with Crippen molar-refractivity contribution in [2.24, 2.45) is 0 Å². The second kappa shape index (κ2) is 12.1. The van der Waals surface area contributed by atoms with Crippen molar-refractivity contribution in [2.45, 2.75) is 51.6 Å². The highest BCUT2D eigenvalue weighted by atomic mass is 32.2. The van der Waals surface area contributed by atoms with E-state index < -0.39 is 28.5 Å². The Morgan fingerprint density at radius 3 is 2.08 bits per heavy atom. The van der Waals surface area contributed by atoms with Gasteiger partial charge in [-0.3, -0.25) is 13.9 Å². The van der Waals surface area contributed by atoms with Gasteiger partial charge in [0.1, 0.15) is 12.6 Å². The Morgan fingerprint density at radius 2 is 1.51 bits per heavy atom. The predicted octanol–water partition coefficient (Wildman–Crippen LogP) is 4.36. The van der Waals surface area contributed by atoms with Crippen LogP contribution in [0.15, 0.2) is 77.7 Å². The first-order chi connectivity index (χ1) is 17.6. The number of hydrogen-bond donors (Lipinski definition) is 1. The maximum absolute atomic E-state index is 13.9. The molecule has 3 aromatic rings. The Labute approximate surface area is 220 Å². The van der Waals surface area contributed by atoms with Crippen molar-refractivity contribution < 1.29 is 18.0 Å². The average molecular weight is 522 g/mol. The van der Waals surface area contributed by atoms with E-state index in [1.165, 1.54) is 24.1 Å². The molecule has 7 nitrogen and oxygen atoms in total. The zero-order valence-electron chi connectivity index (χ0n) is 22.1. The van der Waals surface area contributed by atoms with Crippen LogP contribution in [-0.2, 0) is 26.2 Å². The Hall–Kier alpha value is -3.65. The highest BCUT2D eigenvalue weighted by Crippen LogP contribution is 2.28. The van der Waals surface area contributed by atoms with Gasteiger partial charge < -0.3 is 10.2 Å². The molecule has 196 valence electrons. The number of benzene rings is 3. The summed E-state index contributed by atoms with van der Waals surface area (Å²) in [7, 11) is -2.54. The molecule has 0 aliphatic carbocycles. The monoisotopic (exact) mass is 521 g/mol. The number of nitrogens with zero attached hydrogens (tertiary/aromatic N) is 2. The van der Waals surface area contributed by atoms with Gasteiger partial charge >= 0.3 is 0 Å². The molecule has 0 saturated heterocycles. The molecule has 0 bridgehead atoms. The molecular formula is C29H35N3O4S. The fraction of sp³-hybridized carbons (Fsp3) is 0.310. The lowest BCUT2D eigenvalue weighted by molar-refractivity contribution is -0.140. The second-order valence-electron chi connectivity index (χ2n) is 9.16.